The van der Waals surface area contributed by atoms with Crippen molar-refractivity contribution in [1.29, 1.82) is 0 Å². The maximum atomic E-state index is 11.2. The van der Waals surface area contributed by atoms with Crippen LogP contribution < -0.4 is 0 Å². The number of halogens is 1. The quantitative estimate of drug-likeness (QED) is 0.940. The number of benzene rings is 1. The minimum atomic E-state index is -1.01. The Bertz CT molecular complexity index is 594. The zero-order valence-electron chi connectivity index (χ0n) is 9.83. The van der Waals surface area contributed by atoms with E-state index < -0.39 is 5.97 Å². The Hall–Kier alpha value is -1.76. The first-order chi connectivity index (χ1) is 8.50. The minimum Gasteiger partial charge on any atom is -0.478 e. The normalized spacial score (nSPS) is 10.9. The summed E-state index contributed by atoms with van der Waals surface area (Å²) >= 11 is 3.32. The molecule has 94 valence electrons. The molecule has 0 amide bonds. The van der Waals surface area contributed by atoms with E-state index in [4.69, 9.17) is 0 Å². The fourth-order valence-corrected chi connectivity index (χ4v) is 1.94. The Morgan fingerprint density at radius 2 is 2.17 bits per heavy atom. The summed E-state index contributed by atoms with van der Waals surface area (Å²) in [4.78, 5) is 11.2. The molecule has 1 heterocycles. The molecule has 1 N–H and O–H groups in total. The van der Waals surface area contributed by atoms with Crippen molar-refractivity contribution in [3.8, 4) is 5.69 Å². The topological polar surface area (TPSA) is 80.9 Å². The molecular weight excluding hydrogens is 300 g/mol. The average Bonchev–Trinajstić information content (AvgIpc) is 2.77. The van der Waals surface area contributed by atoms with Gasteiger partial charge in [-0.25, -0.2) is 4.79 Å². The Kier molecular flexibility index (Phi) is 3.42. The monoisotopic (exact) mass is 310 g/mol. The Morgan fingerprint density at radius 1 is 1.44 bits per heavy atom. The molecule has 6 nitrogen and oxygen atoms in total. The number of aromatic nitrogens is 4. The number of carboxylic acid groups (broad SMARTS) is 1. The predicted molar refractivity (Wildman–Crippen MR) is 67.9 cm³/mol. The first kappa shape index (κ1) is 12.7. The van der Waals surface area contributed by atoms with Gasteiger partial charge in [-0.15, -0.1) is 5.10 Å². The number of nitrogens with zero attached hydrogens (tertiary/aromatic N) is 4. The zero-order valence-corrected chi connectivity index (χ0v) is 11.4. The number of tetrazole rings is 1. The van der Waals surface area contributed by atoms with Crippen molar-refractivity contribution < 1.29 is 9.90 Å². The van der Waals surface area contributed by atoms with Gasteiger partial charge in [-0.2, -0.15) is 4.68 Å². The lowest BCUT2D eigenvalue weighted by molar-refractivity contribution is 0.0696. The Labute approximate surface area is 112 Å². The summed E-state index contributed by atoms with van der Waals surface area (Å²) in [7, 11) is 0. The second-order valence-electron chi connectivity index (χ2n) is 4.07. The Morgan fingerprint density at radius 3 is 2.78 bits per heavy atom. The van der Waals surface area contributed by atoms with Gasteiger partial charge in [0.05, 0.1) is 11.3 Å². The number of rotatable bonds is 3. The smallest absolute Gasteiger partial charge is 0.337 e. The molecule has 0 saturated carbocycles. The highest BCUT2D eigenvalue weighted by molar-refractivity contribution is 9.10. The zero-order chi connectivity index (χ0) is 13.3. The number of carboxylic acids is 1. The lowest BCUT2D eigenvalue weighted by atomic mass is 10.1. The van der Waals surface area contributed by atoms with E-state index in [0.717, 1.165) is 4.47 Å². The molecular formula is C11H11BrN4O2. The molecule has 0 atom stereocenters. The molecule has 18 heavy (non-hydrogen) atoms. The van der Waals surface area contributed by atoms with E-state index in [1.165, 1.54) is 10.7 Å². The lowest BCUT2D eigenvalue weighted by Gasteiger charge is -2.10. The molecule has 0 bridgehead atoms. The minimum absolute atomic E-state index is 0.0978. The molecule has 0 saturated heterocycles. The number of hydrogen-bond donors (Lipinski definition) is 1. The van der Waals surface area contributed by atoms with Crippen molar-refractivity contribution in [2.24, 2.45) is 0 Å². The van der Waals surface area contributed by atoms with Gasteiger partial charge in [0, 0.05) is 10.4 Å². The largest absolute Gasteiger partial charge is 0.478 e. The van der Waals surface area contributed by atoms with E-state index in [0.29, 0.717) is 11.5 Å². The van der Waals surface area contributed by atoms with Gasteiger partial charge < -0.3 is 5.11 Å². The summed E-state index contributed by atoms with van der Waals surface area (Å²) in [5, 5.41) is 20.6. The molecule has 0 unspecified atom stereocenters. The van der Waals surface area contributed by atoms with Crippen LogP contribution in [-0.2, 0) is 0 Å². The fourth-order valence-electron chi connectivity index (χ4n) is 1.59. The van der Waals surface area contributed by atoms with E-state index in [9.17, 15) is 9.90 Å². The number of carbonyl (C=O) groups is 1. The second-order valence-corrected chi connectivity index (χ2v) is 4.99. The van der Waals surface area contributed by atoms with E-state index in [1.54, 1.807) is 12.1 Å². The van der Waals surface area contributed by atoms with Crippen LogP contribution in [0.5, 0.6) is 0 Å². The molecule has 7 heteroatoms. The highest BCUT2D eigenvalue weighted by Gasteiger charge is 2.18. The summed E-state index contributed by atoms with van der Waals surface area (Å²) in [5.41, 5.74) is 0.609. The van der Waals surface area contributed by atoms with E-state index in [-0.39, 0.29) is 11.5 Å². The molecule has 0 radical (unpaired) electrons. The van der Waals surface area contributed by atoms with Crippen LogP contribution in [-0.4, -0.2) is 31.3 Å². The third-order valence-electron chi connectivity index (χ3n) is 2.43. The van der Waals surface area contributed by atoms with E-state index >= 15 is 0 Å². The van der Waals surface area contributed by atoms with E-state index in [1.807, 2.05) is 13.8 Å². The molecule has 0 aliphatic heterocycles. The standard InChI is InChI=1S/C11H11BrN4O2/c1-6(2)10-13-14-15-16(10)9-5-7(12)3-4-8(9)11(17)18/h3-6H,1-2H3,(H,17,18). The molecule has 1 aromatic heterocycles. The third-order valence-corrected chi connectivity index (χ3v) is 2.92. The molecule has 2 rings (SSSR count). The van der Waals surface area contributed by atoms with Crippen LogP contribution in [0.25, 0.3) is 5.69 Å². The fraction of sp³-hybridized carbons (Fsp3) is 0.273. The predicted octanol–water partition coefficient (Wildman–Crippen LogP) is 2.25. The van der Waals surface area contributed by atoms with Crippen LogP contribution in [0.3, 0.4) is 0 Å². The van der Waals surface area contributed by atoms with Gasteiger partial charge in [-0.1, -0.05) is 29.8 Å². The average molecular weight is 311 g/mol. The van der Waals surface area contributed by atoms with Crippen LogP contribution in [0, 0.1) is 0 Å². The highest BCUT2D eigenvalue weighted by atomic mass is 79.9. The second kappa shape index (κ2) is 4.85. The van der Waals surface area contributed by atoms with Crippen molar-refractivity contribution in [1.82, 2.24) is 20.2 Å². The van der Waals surface area contributed by atoms with E-state index in [2.05, 4.69) is 31.5 Å². The number of hydrogen-bond acceptors (Lipinski definition) is 4. The summed E-state index contributed by atoms with van der Waals surface area (Å²) in [6, 6.07) is 4.88. The van der Waals surface area contributed by atoms with Gasteiger partial charge >= 0.3 is 5.97 Å². The van der Waals surface area contributed by atoms with Crippen LogP contribution in [0.2, 0.25) is 0 Å². The van der Waals surface area contributed by atoms with Gasteiger partial charge in [0.2, 0.25) is 0 Å². The third kappa shape index (κ3) is 2.26. The molecule has 2 aromatic rings. The van der Waals surface area contributed by atoms with Crippen LogP contribution in [0.4, 0.5) is 0 Å². The highest BCUT2D eigenvalue weighted by Crippen LogP contribution is 2.22. The molecule has 0 aliphatic rings. The maximum absolute atomic E-state index is 11.2. The first-order valence-corrected chi connectivity index (χ1v) is 6.11. The molecule has 0 aliphatic carbocycles. The van der Waals surface area contributed by atoms with Crippen molar-refractivity contribution in [3.63, 3.8) is 0 Å². The number of aromatic carboxylic acids is 1. The maximum Gasteiger partial charge on any atom is 0.337 e. The summed E-state index contributed by atoms with van der Waals surface area (Å²) in [5.74, 6) is -0.293. The first-order valence-electron chi connectivity index (χ1n) is 5.32. The summed E-state index contributed by atoms with van der Waals surface area (Å²) in [6.45, 7) is 3.89. The lowest BCUT2D eigenvalue weighted by Crippen LogP contribution is -2.10. The van der Waals surface area contributed by atoms with Gasteiger partial charge in [0.25, 0.3) is 0 Å². The summed E-state index contributed by atoms with van der Waals surface area (Å²) < 4.78 is 2.23. The van der Waals surface area contributed by atoms with Crippen molar-refractivity contribution in [3.05, 3.63) is 34.1 Å². The van der Waals surface area contributed by atoms with Crippen molar-refractivity contribution >= 4 is 21.9 Å². The van der Waals surface area contributed by atoms with Gasteiger partial charge in [0.1, 0.15) is 0 Å². The van der Waals surface area contributed by atoms with Crippen LogP contribution in [0.1, 0.15) is 35.9 Å². The van der Waals surface area contributed by atoms with Gasteiger partial charge in [-0.3, -0.25) is 0 Å². The summed E-state index contributed by atoms with van der Waals surface area (Å²) in [6.07, 6.45) is 0. The van der Waals surface area contributed by atoms with Crippen molar-refractivity contribution in [2.45, 2.75) is 19.8 Å². The van der Waals surface area contributed by atoms with Gasteiger partial charge in [-0.05, 0) is 28.6 Å². The van der Waals surface area contributed by atoms with Gasteiger partial charge in [0.15, 0.2) is 5.82 Å². The molecule has 0 spiro atoms. The Balaban J connectivity index is 2.66. The van der Waals surface area contributed by atoms with Crippen molar-refractivity contribution in [2.75, 3.05) is 0 Å². The van der Waals surface area contributed by atoms with Crippen LogP contribution in [0.15, 0.2) is 22.7 Å². The molecule has 1 aromatic carbocycles. The SMILES string of the molecule is CC(C)c1nnnn1-c1cc(Br)ccc1C(=O)O. The van der Waals surface area contributed by atoms with Crippen LogP contribution >= 0.6 is 15.9 Å². The molecule has 0 fully saturated rings.